The van der Waals surface area contributed by atoms with Gasteiger partial charge >= 0.3 is 0 Å². The summed E-state index contributed by atoms with van der Waals surface area (Å²) in [6.07, 6.45) is 10.4. The standard InChI is InChI=1S/2C21H29FN6O2S.C20H28FN5O3S.C19H25FN4O4S/c1-14-10-17(12-28(14)13-18-20(22)25-21(31-18)24-15(2)29)30-19-11-16(4-5-23-19)27-8-6-26(3)7-9-27;1-14-10-17(12-28(14)13-18-20(22)25-21(31-18)24-15(2)29)30-19-5-4-16(11-23-19)27-8-6-26(3)7-9-27;1-13-9-16(29-18-6-5-15(10-22-18)25(3)7-8-28-4)11-26(13)12-17-19(21)24-20(30-17)23-14(2)27;1-12-8-15(28-17-5-4-14(9-21-17)27-7-6-26-3)10-24(12)11-16-18(20)23-19(29-16)22-13(2)25/h2*4-5,11,14,17H,6-10,12-13H2,1-3H3,(H,24,25,29);5-6,10,13,16H,7-9,11-12H2,1-4H3,(H,23,24,27);4-5,9,12,15H,6-8,10-11H2,1-3H3,(H,22,23,25)/t2*14-,17+;13-,16+;12-,15+/m0000/s1. The van der Waals surface area contributed by atoms with Gasteiger partial charge in [0, 0.05) is 246 Å². The lowest BCUT2D eigenvalue weighted by Gasteiger charge is -2.34. The molecule has 14 rings (SSSR count). The van der Waals surface area contributed by atoms with E-state index in [4.69, 9.17) is 33.2 Å². The van der Waals surface area contributed by atoms with Crippen LogP contribution in [0.2, 0.25) is 0 Å². The topological polar surface area (TPSA) is 313 Å². The fourth-order valence-electron chi connectivity index (χ4n) is 14.6. The Morgan fingerprint density at radius 2 is 0.793 bits per heavy atom. The van der Waals surface area contributed by atoms with E-state index in [0.717, 1.165) is 113 Å². The first-order valence-corrected chi connectivity index (χ1v) is 43.7. The highest BCUT2D eigenvalue weighted by molar-refractivity contribution is 7.16. The molecule has 0 unspecified atom stereocenters. The number of hydrogen-bond acceptors (Lipinski definition) is 32. The Balaban J connectivity index is 0.000000158. The highest BCUT2D eigenvalue weighted by Crippen LogP contribution is 2.35. The van der Waals surface area contributed by atoms with E-state index in [9.17, 15) is 36.7 Å². The third-order valence-electron chi connectivity index (χ3n) is 21.2. The Labute approximate surface area is 719 Å². The zero-order valence-electron chi connectivity index (χ0n) is 70.8. The molecule has 0 saturated carbocycles. The maximum Gasteiger partial charge on any atom is 0.230 e. The zero-order chi connectivity index (χ0) is 86.4. The van der Waals surface area contributed by atoms with Gasteiger partial charge in [-0.25, -0.2) is 19.9 Å². The lowest BCUT2D eigenvalue weighted by molar-refractivity contribution is -0.115. The number of pyridine rings is 4. The molecule has 4 N–H and O–H groups in total. The minimum atomic E-state index is -0.541. The van der Waals surface area contributed by atoms with Gasteiger partial charge in [0.05, 0.1) is 62.7 Å². The predicted octanol–water partition coefficient (Wildman–Crippen LogP) is 10.3. The first-order chi connectivity index (χ1) is 58.0. The molecule has 0 spiro atoms. The number of piperazine rings is 2. The highest BCUT2D eigenvalue weighted by atomic mass is 32.1. The molecule has 14 heterocycles. The second kappa shape index (κ2) is 44.7. The van der Waals surface area contributed by atoms with Crippen LogP contribution in [0.1, 0.15) is 101 Å². The third-order valence-corrected chi connectivity index (χ3v) is 24.9. The van der Waals surface area contributed by atoms with E-state index in [0.29, 0.717) is 131 Å². The molecule has 121 heavy (non-hydrogen) atoms. The molecule has 658 valence electrons. The molecule has 8 aromatic heterocycles. The molecule has 6 fully saturated rings. The molecule has 0 aliphatic carbocycles. The van der Waals surface area contributed by atoms with Crippen LogP contribution in [0, 0.1) is 23.8 Å². The van der Waals surface area contributed by atoms with Crippen LogP contribution in [0.4, 0.5) is 55.2 Å². The maximum atomic E-state index is 14.2. The molecule has 4 amide bonds. The number of likely N-dealkylation sites (tertiary alicyclic amines) is 4. The fourth-order valence-corrected chi connectivity index (χ4v) is 18.2. The van der Waals surface area contributed by atoms with Crippen LogP contribution < -0.4 is 59.7 Å². The van der Waals surface area contributed by atoms with E-state index in [1.807, 2.05) is 49.6 Å². The van der Waals surface area contributed by atoms with Gasteiger partial charge in [-0.2, -0.15) is 37.5 Å². The number of amides is 4. The van der Waals surface area contributed by atoms with Crippen molar-refractivity contribution in [3.63, 3.8) is 0 Å². The maximum absolute atomic E-state index is 14.2. The van der Waals surface area contributed by atoms with Crippen molar-refractivity contribution >= 4 is 107 Å². The smallest absolute Gasteiger partial charge is 0.230 e. The van der Waals surface area contributed by atoms with Gasteiger partial charge in [0.1, 0.15) is 36.8 Å². The van der Waals surface area contributed by atoms with Gasteiger partial charge in [0.25, 0.3) is 0 Å². The number of hydrogen-bond donors (Lipinski definition) is 4. The van der Waals surface area contributed by atoms with Gasteiger partial charge in [-0.1, -0.05) is 45.3 Å². The SMILES string of the molecule is CC(=O)Nc1nc(F)c(CN2C[C@H](Oc3cc(N4CCN(C)CC4)ccn3)C[C@@H]2C)s1.CC(=O)Nc1nc(F)c(CN2C[C@H](Oc3ccc(N4CCN(C)CC4)cn3)C[C@@H]2C)s1.COCCN(C)c1ccc(O[C@@H]2C[C@H](C)N(Cc3sc(NC(C)=O)nc3F)C2)nc1.COCCOc1ccc(O[C@@H]2C[C@H](C)N(Cc3sc(NC(C)=O)nc3F)C2)nc1. The van der Waals surface area contributed by atoms with E-state index in [2.05, 4.69) is 153 Å². The summed E-state index contributed by atoms with van der Waals surface area (Å²) < 4.78 is 96.5. The van der Waals surface area contributed by atoms with Crippen molar-refractivity contribution in [3.8, 4) is 29.3 Å². The lowest BCUT2D eigenvalue weighted by Crippen LogP contribution is -2.44. The van der Waals surface area contributed by atoms with E-state index in [1.54, 1.807) is 38.9 Å². The summed E-state index contributed by atoms with van der Waals surface area (Å²) in [5.41, 5.74) is 3.26. The minimum Gasteiger partial charge on any atom is -0.490 e. The lowest BCUT2D eigenvalue weighted by atomic mass is 10.2. The highest BCUT2D eigenvalue weighted by Gasteiger charge is 2.37. The Morgan fingerprint density at radius 1 is 0.438 bits per heavy atom. The van der Waals surface area contributed by atoms with E-state index < -0.39 is 23.8 Å². The number of aromatic nitrogens is 8. The summed E-state index contributed by atoms with van der Waals surface area (Å²) in [5.74, 6) is -0.140. The van der Waals surface area contributed by atoms with Gasteiger partial charge in [0.2, 0.25) is 70.9 Å². The van der Waals surface area contributed by atoms with Crippen LogP contribution in [-0.4, -0.2) is 282 Å². The Kier molecular flexibility index (Phi) is 34.2. The molecule has 32 nitrogen and oxygen atoms in total. The molecule has 6 aliphatic rings. The summed E-state index contributed by atoms with van der Waals surface area (Å²) in [6, 6.07) is 16.4. The van der Waals surface area contributed by atoms with Crippen LogP contribution in [0.3, 0.4) is 0 Å². The van der Waals surface area contributed by atoms with Crippen molar-refractivity contribution in [3.05, 3.63) is 117 Å². The number of carbonyl (C=O) groups is 4. The van der Waals surface area contributed by atoms with Crippen LogP contribution in [0.25, 0.3) is 0 Å². The van der Waals surface area contributed by atoms with Crippen molar-refractivity contribution in [2.45, 2.75) is 156 Å². The molecule has 0 aromatic carbocycles. The summed E-state index contributed by atoms with van der Waals surface area (Å²) >= 11 is 4.68. The molecular weight excluding hydrogens is 1650 g/mol. The Bertz CT molecular complexity index is 4620. The number of thiazole rings is 4. The molecule has 0 bridgehead atoms. The summed E-state index contributed by atoms with van der Waals surface area (Å²) in [5, 5.41) is 11.3. The fraction of sp³-hybridized carbons (Fsp3) is 0.556. The molecular formula is C81H111F4N21O11S4. The van der Waals surface area contributed by atoms with E-state index in [1.165, 1.54) is 61.7 Å². The van der Waals surface area contributed by atoms with Gasteiger partial charge in [-0.15, -0.1) is 0 Å². The number of anilines is 7. The Morgan fingerprint density at radius 3 is 1.13 bits per heavy atom. The van der Waals surface area contributed by atoms with Crippen molar-refractivity contribution < 1.29 is 69.9 Å². The van der Waals surface area contributed by atoms with Gasteiger partial charge in [-0.3, -0.25) is 38.8 Å². The first kappa shape index (κ1) is 92.5. The Hall–Kier alpha value is -9.20. The number of carbonyl (C=O) groups excluding carboxylic acids is 4. The van der Waals surface area contributed by atoms with Crippen LogP contribution in [-0.2, 0) is 54.8 Å². The predicted molar refractivity (Wildman–Crippen MR) is 460 cm³/mol. The van der Waals surface area contributed by atoms with Crippen molar-refractivity contribution in [2.75, 3.05) is 176 Å². The molecule has 6 saturated heterocycles. The van der Waals surface area contributed by atoms with Crippen molar-refractivity contribution in [1.29, 1.82) is 0 Å². The average molecular weight is 1760 g/mol. The molecule has 40 heteroatoms. The number of nitrogens with one attached hydrogen (secondary N) is 4. The summed E-state index contributed by atoms with van der Waals surface area (Å²) in [4.78, 5) is 99.5. The van der Waals surface area contributed by atoms with E-state index >= 15 is 0 Å². The number of halogens is 4. The first-order valence-electron chi connectivity index (χ1n) is 40.4. The number of likely N-dealkylation sites (N-methyl/N-ethyl adjacent to an activating group) is 3. The molecule has 8 aromatic rings. The zero-order valence-corrected chi connectivity index (χ0v) is 74.0. The number of rotatable bonds is 30. The number of ether oxygens (including phenoxy) is 7. The normalized spacial score (nSPS) is 21.0. The van der Waals surface area contributed by atoms with E-state index in [-0.39, 0.29) is 82.5 Å². The second-order valence-electron chi connectivity index (χ2n) is 30.9. The third kappa shape index (κ3) is 28.2. The molecule has 8 atom stereocenters. The van der Waals surface area contributed by atoms with Gasteiger partial charge in [0.15, 0.2) is 20.5 Å². The average Bonchev–Trinajstić information content (AvgIpc) is 1.82. The quantitative estimate of drug-likeness (QED) is 0.0240. The molecule has 0 radical (unpaired) electrons. The molecule has 6 aliphatic heterocycles. The summed E-state index contributed by atoms with van der Waals surface area (Å²) in [7, 11) is 9.58. The van der Waals surface area contributed by atoms with Gasteiger partial charge < -0.3 is 78.9 Å². The number of methoxy groups -OCH3 is 2. The van der Waals surface area contributed by atoms with Crippen LogP contribution >= 0.6 is 45.3 Å². The van der Waals surface area contributed by atoms with Crippen LogP contribution in [0.5, 0.6) is 29.3 Å². The monoisotopic (exact) mass is 1760 g/mol. The van der Waals surface area contributed by atoms with Gasteiger partial charge in [-0.05, 0) is 66.1 Å². The van der Waals surface area contributed by atoms with Crippen LogP contribution in [0.15, 0.2) is 73.3 Å². The van der Waals surface area contributed by atoms with Crippen molar-refractivity contribution in [1.82, 2.24) is 69.3 Å². The summed E-state index contributed by atoms with van der Waals surface area (Å²) in [6.45, 7) is 29.0. The second-order valence-corrected chi connectivity index (χ2v) is 35.2. The minimum absolute atomic E-state index is 0.00258. The van der Waals surface area contributed by atoms with Crippen molar-refractivity contribution in [2.24, 2.45) is 0 Å². The largest absolute Gasteiger partial charge is 0.490 e. The number of nitrogens with zero attached hydrogens (tertiary/aromatic N) is 17.